The monoisotopic (exact) mass is 272 g/mol. The summed E-state index contributed by atoms with van der Waals surface area (Å²) in [5, 5.41) is 17.0. The number of rotatable bonds is 5. The number of nitrogen functional groups attached to an aromatic ring is 1. The van der Waals surface area contributed by atoms with Crippen molar-refractivity contribution in [3.63, 3.8) is 0 Å². The van der Waals surface area contributed by atoms with Crippen LogP contribution in [-0.2, 0) is 9.53 Å². The van der Waals surface area contributed by atoms with Gasteiger partial charge >= 0.3 is 5.97 Å². The molecule has 1 aromatic rings. The molecule has 0 aliphatic carbocycles. The van der Waals surface area contributed by atoms with Crippen LogP contribution in [0.4, 0.5) is 5.95 Å². The molecule has 2 atom stereocenters. The van der Waals surface area contributed by atoms with Crippen molar-refractivity contribution < 1.29 is 14.6 Å². The Morgan fingerprint density at radius 1 is 1.72 bits per heavy atom. The van der Waals surface area contributed by atoms with Gasteiger partial charge < -0.3 is 15.6 Å². The number of nitrogens with two attached hydrogens (primary N) is 1. The quantitative estimate of drug-likeness (QED) is 0.758. The van der Waals surface area contributed by atoms with Crippen molar-refractivity contribution in [2.24, 2.45) is 5.92 Å². The van der Waals surface area contributed by atoms with E-state index in [9.17, 15) is 4.79 Å². The molecular formula is C10H16N4O3S. The molecule has 3 N–H and O–H groups in total. The lowest BCUT2D eigenvalue weighted by atomic mass is 10.0. The molecule has 0 radical (unpaired) electrons. The van der Waals surface area contributed by atoms with Crippen molar-refractivity contribution in [1.82, 2.24) is 14.8 Å². The fraction of sp³-hybridized carbons (Fsp3) is 0.700. The van der Waals surface area contributed by atoms with Crippen molar-refractivity contribution >= 4 is 23.7 Å². The summed E-state index contributed by atoms with van der Waals surface area (Å²) in [5.74, 6) is -0.244. The second kappa shape index (κ2) is 5.57. The molecule has 0 saturated carbocycles. The van der Waals surface area contributed by atoms with Gasteiger partial charge in [0.1, 0.15) is 0 Å². The second-order valence-electron chi connectivity index (χ2n) is 4.26. The number of nitrogens with zero attached hydrogens (tertiary/aromatic N) is 3. The van der Waals surface area contributed by atoms with Crippen LogP contribution in [0.15, 0.2) is 5.16 Å². The minimum absolute atomic E-state index is 0.0496. The Hall–Kier alpha value is -1.28. The third-order valence-corrected chi connectivity index (χ3v) is 4.00. The van der Waals surface area contributed by atoms with Crippen LogP contribution in [0.25, 0.3) is 0 Å². The van der Waals surface area contributed by atoms with Gasteiger partial charge in [0, 0.05) is 18.6 Å². The van der Waals surface area contributed by atoms with Gasteiger partial charge in [-0.2, -0.15) is 0 Å². The molecule has 8 heteroatoms. The summed E-state index contributed by atoms with van der Waals surface area (Å²) in [6.45, 7) is 3.49. The Kier molecular flexibility index (Phi) is 4.07. The molecule has 0 bridgehead atoms. The molecular weight excluding hydrogens is 256 g/mol. The molecule has 7 nitrogen and oxygen atoms in total. The smallest absolute Gasteiger partial charge is 0.313 e. The first-order valence-corrected chi connectivity index (χ1v) is 6.71. The molecule has 100 valence electrons. The number of hydrogen-bond donors (Lipinski definition) is 2. The van der Waals surface area contributed by atoms with E-state index >= 15 is 0 Å². The lowest BCUT2D eigenvalue weighted by Crippen LogP contribution is -2.19. The molecule has 1 aliphatic rings. The normalized spacial score (nSPS) is 21.1. The minimum atomic E-state index is -0.884. The Morgan fingerprint density at radius 3 is 3.11 bits per heavy atom. The van der Waals surface area contributed by atoms with Gasteiger partial charge in [0.25, 0.3) is 0 Å². The van der Waals surface area contributed by atoms with Gasteiger partial charge in [-0.3, -0.25) is 9.36 Å². The van der Waals surface area contributed by atoms with E-state index in [2.05, 4.69) is 10.2 Å². The van der Waals surface area contributed by atoms with Gasteiger partial charge in [0.05, 0.1) is 12.4 Å². The summed E-state index contributed by atoms with van der Waals surface area (Å²) in [6, 6.07) is 0.110. The maximum Gasteiger partial charge on any atom is 0.313 e. The summed E-state index contributed by atoms with van der Waals surface area (Å²) >= 11 is 1.13. The van der Waals surface area contributed by atoms with Crippen LogP contribution >= 0.6 is 11.8 Å². The average molecular weight is 272 g/mol. The number of thioether (sulfide) groups is 1. The molecule has 0 aromatic carbocycles. The molecule has 0 spiro atoms. The Labute approximate surface area is 109 Å². The van der Waals surface area contributed by atoms with Crippen molar-refractivity contribution in [1.29, 1.82) is 0 Å². The fourth-order valence-electron chi connectivity index (χ4n) is 2.04. The number of carboxylic acid groups (broad SMARTS) is 1. The van der Waals surface area contributed by atoms with Gasteiger partial charge in [-0.1, -0.05) is 11.8 Å². The highest BCUT2D eigenvalue weighted by atomic mass is 32.2. The zero-order chi connectivity index (χ0) is 13.1. The van der Waals surface area contributed by atoms with Crippen molar-refractivity contribution in [2.45, 2.75) is 24.5 Å². The molecule has 2 unspecified atom stereocenters. The second-order valence-corrected chi connectivity index (χ2v) is 5.20. The summed E-state index contributed by atoms with van der Waals surface area (Å²) < 4.78 is 7.16. The van der Waals surface area contributed by atoms with Gasteiger partial charge in [-0.05, 0) is 13.3 Å². The minimum Gasteiger partial charge on any atom is -0.481 e. The van der Waals surface area contributed by atoms with Crippen LogP contribution in [-0.4, -0.2) is 44.8 Å². The van der Waals surface area contributed by atoms with Gasteiger partial charge in [-0.15, -0.1) is 10.2 Å². The number of aromatic nitrogens is 3. The summed E-state index contributed by atoms with van der Waals surface area (Å²) in [6.07, 6.45) is 0.974. The number of carbonyl (C=O) groups is 1. The maximum atomic E-state index is 10.6. The van der Waals surface area contributed by atoms with E-state index in [1.165, 1.54) is 0 Å². The third kappa shape index (κ3) is 2.75. The first-order chi connectivity index (χ1) is 8.59. The van der Waals surface area contributed by atoms with Crippen LogP contribution in [0, 0.1) is 5.92 Å². The van der Waals surface area contributed by atoms with E-state index in [0.717, 1.165) is 24.8 Å². The van der Waals surface area contributed by atoms with E-state index in [1.807, 2.05) is 6.92 Å². The van der Waals surface area contributed by atoms with E-state index in [4.69, 9.17) is 15.6 Å². The van der Waals surface area contributed by atoms with Gasteiger partial charge in [0.2, 0.25) is 5.95 Å². The summed E-state index contributed by atoms with van der Waals surface area (Å²) in [7, 11) is 0. The summed E-state index contributed by atoms with van der Waals surface area (Å²) in [4.78, 5) is 10.6. The number of hydrogen-bond acceptors (Lipinski definition) is 6. The van der Waals surface area contributed by atoms with Crippen molar-refractivity contribution in [3.8, 4) is 0 Å². The summed E-state index contributed by atoms with van der Waals surface area (Å²) in [5.41, 5.74) is 5.80. The lowest BCUT2D eigenvalue weighted by molar-refractivity contribution is -0.133. The van der Waals surface area contributed by atoms with Gasteiger partial charge in [-0.25, -0.2) is 0 Å². The maximum absolute atomic E-state index is 10.6. The molecule has 2 rings (SSSR count). The number of carboxylic acids is 1. The van der Waals surface area contributed by atoms with E-state index in [-0.39, 0.29) is 11.8 Å². The van der Waals surface area contributed by atoms with Crippen LogP contribution in [0.3, 0.4) is 0 Å². The van der Waals surface area contributed by atoms with Crippen LogP contribution < -0.4 is 5.73 Å². The lowest BCUT2D eigenvalue weighted by Gasteiger charge is -2.21. The SMILES string of the molecule is CC(C1CCOC1)n1c(N)nnc1SCC(=O)O. The van der Waals surface area contributed by atoms with Crippen molar-refractivity contribution in [2.75, 3.05) is 24.7 Å². The molecule has 1 aliphatic heterocycles. The molecule has 18 heavy (non-hydrogen) atoms. The first kappa shape index (κ1) is 13.2. The molecule has 1 fully saturated rings. The van der Waals surface area contributed by atoms with Crippen LogP contribution in [0.1, 0.15) is 19.4 Å². The number of aliphatic carboxylic acids is 1. The predicted octanol–water partition coefficient (Wildman–Crippen LogP) is 0.634. The van der Waals surface area contributed by atoms with Crippen molar-refractivity contribution in [3.05, 3.63) is 0 Å². The zero-order valence-corrected chi connectivity index (χ0v) is 10.9. The average Bonchev–Trinajstić information content (AvgIpc) is 2.94. The Morgan fingerprint density at radius 2 is 2.50 bits per heavy atom. The molecule has 1 saturated heterocycles. The highest BCUT2D eigenvalue weighted by molar-refractivity contribution is 7.99. The highest BCUT2D eigenvalue weighted by Gasteiger charge is 2.27. The van der Waals surface area contributed by atoms with Crippen LogP contribution in [0.5, 0.6) is 0 Å². The Balaban J connectivity index is 2.14. The fourth-order valence-corrected chi connectivity index (χ4v) is 2.79. The third-order valence-electron chi connectivity index (χ3n) is 3.07. The first-order valence-electron chi connectivity index (χ1n) is 5.72. The van der Waals surface area contributed by atoms with E-state index in [1.54, 1.807) is 4.57 Å². The standard InChI is InChI=1S/C10H16N4O3S/c1-6(7-2-3-17-4-7)14-9(11)12-13-10(14)18-5-8(15)16/h6-7H,2-5H2,1H3,(H2,11,12)(H,15,16). The Bertz CT molecular complexity index is 431. The predicted molar refractivity (Wildman–Crippen MR) is 66.4 cm³/mol. The number of ether oxygens (including phenoxy) is 1. The van der Waals surface area contributed by atoms with E-state index < -0.39 is 5.97 Å². The largest absolute Gasteiger partial charge is 0.481 e. The van der Waals surface area contributed by atoms with Gasteiger partial charge in [0.15, 0.2) is 5.16 Å². The van der Waals surface area contributed by atoms with Crippen LogP contribution in [0.2, 0.25) is 0 Å². The number of anilines is 1. The topological polar surface area (TPSA) is 103 Å². The highest BCUT2D eigenvalue weighted by Crippen LogP contribution is 2.31. The zero-order valence-electron chi connectivity index (χ0n) is 10.1. The molecule has 2 heterocycles. The van der Waals surface area contributed by atoms with E-state index in [0.29, 0.717) is 23.6 Å². The molecule has 0 amide bonds. The molecule has 1 aromatic heterocycles.